The normalized spacial score (nSPS) is 17.2. The molecule has 1 aliphatic heterocycles. The SMILES string of the molecule is CCCn1cncc1CN(CC1CCNCC1)C(C)C. The molecule has 1 fully saturated rings. The maximum absolute atomic E-state index is 4.33. The molecule has 0 atom stereocenters. The predicted octanol–water partition coefficient (Wildman–Crippen LogP) is 2.50. The Morgan fingerprint density at radius 1 is 1.40 bits per heavy atom. The molecule has 0 unspecified atom stereocenters. The van der Waals surface area contributed by atoms with E-state index in [9.17, 15) is 0 Å². The van der Waals surface area contributed by atoms with E-state index in [-0.39, 0.29) is 0 Å². The van der Waals surface area contributed by atoms with E-state index in [4.69, 9.17) is 0 Å². The first-order valence-corrected chi connectivity index (χ1v) is 8.14. The summed E-state index contributed by atoms with van der Waals surface area (Å²) in [7, 11) is 0. The van der Waals surface area contributed by atoms with Gasteiger partial charge in [0.05, 0.1) is 12.0 Å². The first kappa shape index (κ1) is 15.5. The van der Waals surface area contributed by atoms with E-state index in [1.165, 1.54) is 44.6 Å². The summed E-state index contributed by atoms with van der Waals surface area (Å²) < 4.78 is 2.30. The molecule has 4 nitrogen and oxygen atoms in total. The quantitative estimate of drug-likeness (QED) is 0.832. The van der Waals surface area contributed by atoms with Crippen LogP contribution in [0.5, 0.6) is 0 Å². The van der Waals surface area contributed by atoms with Gasteiger partial charge in [0, 0.05) is 31.9 Å². The van der Waals surface area contributed by atoms with Gasteiger partial charge in [-0.15, -0.1) is 0 Å². The monoisotopic (exact) mass is 278 g/mol. The Morgan fingerprint density at radius 2 is 2.15 bits per heavy atom. The number of aromatic nitrogens is 2. The smallest absolute Gasteiger partial charge is 0.0948 e. The van der Waals surface area contributed by atoms with E-state index in [0.717, 1.165) is 19.0 Å². The molecular formula is C16H30N4. The van der Waals surface area contributed by atoms with Gasteiger partial charge < -0.3 is 9.88 Å². The minimum atomic E-state index is 0.592. The lowest BCUT2D eigenvalue weighted by Crippen LogP contribution is -2.39. The van der Waals surface area contributed by atoms with Crippen molar-refractivity contribution in [3.63, 3.8) is 0 Å². The predicted molar refractivity (Wildman–Crippen MR) is 83.7 cm³/mol. The average Bonchev–Trinajstić information content (AvgIpc) is 2.87. The van der Waals surface area contributed by atoms with E-state index in [1.807, 2.05) is 12.5 Å². The molecule has 1 aromatic heterocycles. The van der Waals surface area contributed by atoms with Crippen molar-refractivity contribution in [3.05, 3.63) is 18.2 Å². The summed E-state index contributed by atoms with van der Waals surface area (Å²) in [6, 6.07) is 0.592. The topological polar surface area (TPSA) is 33.1 Å². The number of piperidine rings is 1. The molecule has 0 amide bonds. The highest BCUT2D eigenvalue weighted by Crippen LogP contribution is 2.17. The molecule has 0 spiro atoms. The van der Waals surface area contributed by atoms with Crippen LogP contribution in [0.25, 0.3) is 0 Å². The fourth-order valence-corrected chi connectivity index (χ4v) is 2.98. The zero-order valence-corrected chi connectivity index (χ0v) is 13.3. The summed E-state index contributed by atoms with van der Waals surface area (Å²) in [5.41, 5.74) is 1.36. The fourth-order valence-electron chi connectivity index (χ4n) is 2.98. The molecular weight excluding hydrogens is 248 g/mol. The number of nitrogens with one attached hydrogen (secondary N) is 1. The highest BCUT2D eigenvalue weighted by Gasteiger charge is 2.20. The number of hydrogen-bond donors (Lipinski definition) is 1. The first-order valence-electron chi connectivity index (χ1n) is 8.14. The van der Waals surface area contributed by atoms with Crippen LogP contribution in [0, 0.1) is 5.92 Å². The van der Waals surface area contributed by atoms with Gasteiger partial charge in [0.15, 0.2) is 0 Å². The molecule has 2 rings (SSSR count). The van der Waals surface area contributed by atoms with Crippen molar-refractivity contribution >= 4 is 0 Å². The van der Waals surface area contributed by atoms with Crippen LogP contribution in [0.3, 0.4) is 0 Å². The van der Waals surface area contributed by atoms with Gasteiger partial charge in [-0.1, -0.05) is 6.92 Å². The Bertz CT molecular complexity index is 380. The molecule has 1 aliphatic rings. The standard InChI is InChI=1S/C16H30N4/c1-4-9-19-13-18-10-16(19)12-20(14(2)3)11-15-5-7-17-8-6-15/h10,13-15,17H,4-9,11-12H2,1-3H3. The van der Waals surface area contributed by atoms with E-state index >= 15 is 0 Å². The summed E-state index contributed by atoms with van der Waals surface area (Å²) >= 11 is 0. The Hall–Kier alpha value is -0.870. The van der Waals surface area contributed by atoms with E-state index in [1.54, 1.807) is 0 Å². The molecule has 0 aromatic carbocycles. The number of imidazole rings is 1. The summed E-state index contributed by atoms with van der Waals surface area (Å²) in [5, 5.41) is 3.46. The van der Waals surface area contributed by atoms with Crippen LogP contribution in [0.1, 0.15) is 45.7 Å². The summed E-state index contributed by atoms with van der Waals surface area (Å²) in [6.07, 6.45) is 7.81. The Morgan fingerprint density at radius 3 is 2.80 bits per heavy atom. The second-order valence-electron chi connectivity index (χ2n) is 6.29. The van der Waals surface area contributed by atoms with Crippen molar-refractivity contribution in [2.75, 3.05) is 19.6 Å². The highest BCUT2D eigenvalue weighted by atomic mass is 15.2. The summed E-state index contributed by atoms with van der Waals surface area (Å²) in [5.74, 6) is 0.848. The maximum atomic E-state index is 4.33. The fraction of sp³-hybridized carbons (Fsp3) is 0.812. The lowest BCUT2D eigenvalue weighted by Gasteiger charge is -2.32. The lowest BCUT2D eigenvalue weighted by atomic mass is 9.97. The molecule has 0 aliphatic carbocycles. The zero-order valence-electron chi connectivity index (χ0n) is 13.3. The van der Waals surface area contributed by atoms with Crippen molar-refractivity contribution in [2.45, 2.75) is 59.2 Å². The Kier molecular flexibility index (Phi) is 6.05. The third-order valence-electron chi connectivity index (χ3n) is 4.31. The molecule has 1 aromatic rings. The molecule has 2 heterocycles. The minimum absolute atomic E-state index is 0.592. The van der Waals surface area contributed by atoms with Crippen LogP contribution in [0.4, 0.5) is 0 Å². The van der Waals surface area contributed by atoms with E-state index < -0.39 is 0 Å². The van der Waals surface area contributed by atoms with Crippen LogP contribution < -0.4 is 5.32 Å². The zero-order chi connectivity index (χ0) is 14.4. The van der Waals surface area contributed by atoms with Crippen LogP contribution in [-0.2, 0) is 13.1 Å². The Labute approximate surface area is 123 Å². The third kappa shape index (κ3) is 4.32. The van der Waals surface area contributed by atoms with Gasteiger partial charge in [0.1, 0.15) is 0 Å². The van der Waals surface area contributed by atoms with Gasteiger partial charge >= 0.3 is 0 Å². The third-order valence-corrected chi connectivity index (χ3v) is 4.31. The van der Waals surface area contributed by atoms with Gasteiger partial charge in [-0.05, 0) is 52.1 Å². The first-order chi connectivity index (χ1) is 9.70. The van der Waals surface area contributed by atoms with Crippen LogP contribution >= 0.6 is 0 Å². The van der Waals surface area contributed by atoms with Crippen LogP contribution in [0.15, 0.2) is 12.5 Å². The van der Waals surface area contributed by atoms with Gasteiger partial charge in [0.25, 0.3) is 0 Å². The van der Waals surface area contributed by atoms with Gasteiger partial charge in [-0.25, -0.2) is 4.98 Å². The lowest BCUT2D eigenvalue weighted by molar-refractivity contribution is 0.158. The number of hydrogen-bond acceptors (Lipinski definition) is 3. The van der Waals surface area contributed by atoms with Crippen LogP contribution in [0.2, 0.25) is 0 Å². The minimum Gasteiger partial charge on any atom is -0.333 e. The van der Waals surface area contributed by atoms with E-state index in [2.05, 4.69) is 40.5 Å². The molecule has 1 N–H and O–H groups in total. The van der Waals surface area contributed by atoms with Crippen molar-refractivity contribution < 1.29 is 0 Å². The summed E-state index contributed by atoms with van der Waals surface area (Å²) in [4.78, 5) is 6.94. The molecule has 4 heteroatoms. The average molecular weight is 278 g/mol. The van der Waals surface area contributed by atoms with E-state index in [0.29, 0.717) is 6.04 Å². The molecule has 1 saturated heterocycles. The highest BCUT2D eigenvalue weighted by molar-refractivity contribution is 4.99. The second kappa shape index (κ2) is 7.79. The largest absolute Gasteiger partial charge is 0.333 e. The molecule has 0 radical (unpaired) electrons. The van der Waals surface area contributed by atoms with Crippen molar-refractivity contribution in [1.29, 1.82) is 0 Å². The Balaban J connectivity index is 1.95. The second-order valence-corrected chi connectivity index (χ2v) is 6.29. The van der Waals surface area contributed by atoms with Crippen molar-refractivity contribution in [1.82, 2.24) is 19.8 Å². The number of rotatable bonds is 7. The number of aryl methyl sites for hydroxylation is 1. The maximum Gasteiger partial charge on any atom is 0.0948 e. The van der Waals surface area contributed by atoms with Crippen LogP contribution in [-0.4, -0.2) is 40.1 Å². The molecule has 20 heavy (non-hydrogen) atoms. The van der Waals surface area contributed by atoms with Crippen molar-refractivity contribution in [3.8, 4) is 0 Å². The number of nitrogens with zero attached hydrogens (tertiary/aromatic N) is 3. The summed E-state index contributed by atoms with van der Waals surface area (Å²) in [6.45, 7) is 12.5. The molecule has 114 valence electrons. The molecule has 0 bridgehead atoms. The molecule has 0 saturated carbocycles. The van der Waals surface area contributed by atoms with Gasteiger partial charge in [0.2, 0.25) is 0 Å². The van der Waals surface area contributed by atoms with Crippen molar-refractivity contribution in [2.24, 2.45) is 5.92 Å². The van der Waals surface area contributed by atoms with Gasteiger partial charge in [-0.3, -0.25) is 4.90 Å². The van der Waals surface area contributed by atoms with Gasteiger partial charge in [-0.2, -0.15) is 0 Å².